The highest BCUT2D eigenvalue weighted by Crippen LogP contribution is 2.35. The van der Waals surface area contributed by atoms with Crippen molar-refractivity contribution >= 4 is 46.1 Å². The second-order valence-corrected chi connectivity index (χ2v) is 12.8. The third-order valence-electron chi connectivity index (χ3n) is 7.78. The van der Waals surface area contributed by atoms with Gasteiger partial charge in [0.2, 0.25) is 0 Å². The largest absolute Gasteiger partial charge is 0.497 e. The lowest BCUT2D eigenvalue weighted by atomic mass is 10.1. The van der Waals surface area contributed by atoms with Gasteiger partial charge in [-0.3, -0.25) is 5.32 Å². The number of benzene rings is 2. The summed E-state index contributed by atoms with van der Waals surface area (Å²) in [6.45, 7) is 6.90. The number of amides is 3. The minimum Gasteiger partial charge on any atom is -0.497 e. The van der Waals surface area contributed by atoms with Crippen LogP contribution < -0.4 is 34.5 Å². The number of likely N-dealkylation sites (tertiary alicyclic amines) is 1. The van der Waals surface area contributed by atoms with Crippen LogP contribution in [0.2, 0.25) is 5.15 Å². The molecule has 0 saturated carbocycles. The van der Waals surface area contributed by atoms with Gasteiger partial charge in [-0.05, 0) is 62.6 Å². The molecule has 5 rings (SSSR count). The van der Waals surface area contributed by atoms with E-state index in [9.17, 15) is 9.59 Å². The number of pyridine rings is 2. The number of ether oxygens (including phenoxy) is 5. The summed E-state index contributed by atoms with van der Waals surface area (Å²) in [5.74, 6) is 3.52. The van der Waals surface area contributed by atoms with E-state index in [1.165, 1.54) is 4.90 Å². The van der Waals surface area contributed by atoms with Gasteiger partial charge in [-0.2, -0.15) is 0 Å². The molecule has 1 aliphatic heterocycles. The van der Waals surface area contributed by atoms with Gasteiger partial charge >= 0.3 is 12.1 Å². The summed E-state index contributed by atoms with van der Waals surface area (Å²) < 4.78 is 27.6. The Hall–Kier alpha value is -5.17. The fourth-order valence-electron chi connectivity index (χ4n) is 5.37. The highest BCUT2D eigenvalue weighted by molar-refractivity contribution is 6.30. The van der Waals surface area contributed by atoms with Crippen LogP contribution in [0.1, 0.15) is 31.9 Å². The van der Waals surface area contributed by atoms with Crippen molar-refractivity contribution < 1.29 is 33.3 Å². The van der Waals surface area contributed by atoms with Gasteiger partial charge in [0.1, 0.15) is 45.4 Å². The molecule has 260 valence electrons. The smallest absolute Gasteiger partial charge is 0.410 e. The third kappa shape index (κ3) is 8.65. The summed E-state index contributed by atoms with van der Waals surface area (Å²) in [4.78, 5) is 37.9. The first kappa shape index (κ1) is 35.1. The molecule has 0 spiro atoms. The monoisotopic (exact) mass is 692 g/mol. The van der Waals surface area contributed by atoms with Crippen LogP contribution >= 0.6 is 11.6 Å². The van der Waals surface area contributed by atoms with Crippen molar-refractivity contribution in [1.82, 2.24) is 20.2 Å². The molecule has 14 heteroatoms. The maximum Gasteiger partial charge on any atom is 0.410 e. The van der Waals surface area contributed by atoms with Crippen molar-refractivity contribution in [3.63, 3.8) is 0 Å². The van der Waals surface area contributed by atoms with E-state index in [-0.39, 0.29) is 11.2 Å². The normalized spacial score (nSPS) is 12.9. The average Bonchev–Trinajstić information content (AvgIpc) is 3.04. The van der Waals surface area contributed by atoms with Gasteiger partial charge in [0, 0.05) is 61.0 Å². The molecule has 0 bridgehead atoms. The van der Waals surface area contributed by atoms with E-state index in [0.29, 0.717) is 71.6 Å². The molecule has 2 aromatic carbocycles. The average molecular weight is 693 g/mol. The first-order chi connectivity index (χ1) is 23.4. The number of anilines is 2. The molecule has 13 nitrogen and oxygen atoms in total. The standard InChI is InChI=1S/C35H41ClN6O7/c1-35(2,3)49-34(44)42-19-24(20-42)38-33(43)40-31-13-23-12-30(36)39-32(27(23)16-37-31)41(17-21-8-10-25(45-4)14-28(21)47-6)18-22-9-11-26(46-5)15-29(22)48-7/h8-16,24H,17-20H2,1-7H3,(H2,37,38,40,43). The quantitative estimate of drug-likeness (QED) is 0.173. The number of carbonyl (C=O) groups excluding carboxylic acids is 2. The molecule has 3 heterocycles. The minimum atomic E-state index is -0.588. The lowest BCUT2D eigenvalue weighted by molar-refractivity contribution is 0.00649. The topological polar surface area (TPSA) is 137 Å². The number of halogens is 1. The number of carbonyl (C=O) groups is 2. The van der Waals surface area contributed by atoms with Gasteiger partial charge in [0.15, 0.2) is 0 Å². The second kappa shape index (κ2) is 14.9. The molecule has 0 radical (unpaired) electrons. The predicted octanol–water partition coefficient (Wildman–Crippen LogP) is 6.27. The lowest BCUT2D eigenvalue weighted by Gasteiger charge is -2.39. The number of hydrogen-bond acceptors (Lipinski definition) is 10. The van der Waals surface area contributed by atoms with E-state index in [1.54, 1.807) is 46.8 Å². The van der Waals surface area contributed by atoms with Crippen molar-refractivity contribution in [2.24, 2.45) is 0 Å². The number of aromatic nitrogens is 2. The van der Waals surface area contributed by atoms with Gasteiger partial charge in [0.25, 0.3) is 0 Å². The summed E-state index contributed by atoms with van der Waals surface area (Å²) >= 11 is 6.62. The molecule has 0 atom stereocenters. The molecule has 3 amide bonds. The Labute approximate surface area is 290 Å². The molecule has 49 heavy (non-hydrogen) atoms. The lowest BCUT2D eigenvalue weighted by Crippen LogP contribution is -2.62. The SMILES string of the molecule is COc1ccc(CN(Cc2ccc(OC)cc2OC)c2nc(Cl)cc3cc(NC(=O)NC4CN(C(=O)OC(C)(C)C)C4)ncc23)c(OC)c1. The summed E-state index contributed by atoms with van der Waals surface area (Å²) in [6.07, 6.45) is 1.24. The van der Waals surface area contributed by atoms with Crippen LogP contribution in [0.5, 0.6) is 23.0 Å². The summed E-state index contributed by atoms with van der Waals surface area (Å²) in [6, 6.07) is 14.1. The molecule has 0 aliphatic carbocycles. The Balaban J connectivity index is 1.40. The van der Waals surface area contributed by atoms with Crippen LogP contribution in [0, 0.1) is 0 Å². The highest BCUT2D eigenvalue weighted by Gasteiger charge is 2.34. The Bertz CT molecular complexity index is 1770. The molecular weight excluding hydrogens is 652 g/mol. The van der Waals surface area contributed by atoms with E-state index in [0.717, 1.165) is 11.1 Å². The predicted molar refractivity (Wildman–Crippen MR) is 187 cm³/mol. The molecule has 2 aromatic heterocycles. The number of nitrogens with one attached hydrogen (secondary N) is 2. The number of hydrogen-bond donors (Lipinski definition) is 2. The van der Waals surface area contributed by atoms with Crippen molar-refractivity contribution in [2.45, 2.75) is 45.5 Å². The summed E-state index contributed by atoms with van der Waals surface area (Å²) in [5.41, 5.74) is 1.18. The van der Waals surface area contributed by atoms with Crippen LogP contribution in [0.25, 0.3) is 10.8 Å². The molecule has 2 N–H and O–H groups in total. The fourth-order valence-corrected chi connectivity index (χ4v) is 5.57. The third-order valence-corrected chi connectivity index (χ3v) is 7.98. The highest BCUT2D eigenvalue weighted by atomic mass is 35.5. The Morgan fingerprint density at radius 3 is 2.02 bits per heavy atom. The summed E-state index contributed by atoms with van der Waals surface area (Å²) in [7, 11) is 6.43. The van der Waals surface area contributed by atoms with E-state index >= 15 is 0 Å². The summed E-state index contributed by atoms with van der Waals surface area (Å²) in [5, 5.41) is 7.34. The number of rotatable bonds is 11. The van der Waals surface area contributed by atoms with Crippen molar-refractivity contribution in [2.75, 3.05) is 51.7 Å². The first-order valence-corrected chi connectivity index (χ1v) is 16.0. The van der Waals surface area contributed by atoms with E-state index in [1.807, 2.05) is 57.2 Å². The maximum absolute atomic E-state index is 12.8. The first-order valence-electron chi connectivity index (χ1n) is 15.6. The zero-order valence-electron chi connectivity index (χ0n) is 28.6. The Kier molecular flexibility index (Phi) is 10.7. The van der Waals surface area contributed by atoms with Gasteiger partial charge in [0.05, 0.1) is 34.5 Å². The molecular formula is C35H41ClN6O7. The van der Waals surface area contributed by atoms with Gasteiger partial charge < -0.3 is 38.8 Å². The van der Waals surface area contributed by atoms with Crippen LogP contribution in [0.15, 0.2) is 54.7 Å². The van der Waals surface area contributed by atoms with Crippen LogP contribution in [0.4, 0.5) is 21.2 Å². The molecule has 4 aromatic rings. The number of methoxy groups -OCH3 is 4. The van der Waals surface area contributed by atoms with Crippen LogP contribution in [-0.2, 0) is 17.8 Å². The fraction of sp³-hybridized carbons (Fsp3) is 0.371. The maximum atomic E-state index is 12.8. The van der Waals surface area contributed by atoms with Gasteiger partial charge in [-0.15, -0.1) is 0 Å². The van der Waals surface area contributed by atoms with E-state index < -0.39 is 17.7 Å². The molecule has 1 fully saturated rings. The van der Waals surface area contributed by atoms with E-state index in [4.69, 9.17) is 40.3 Å². The van der Waals surface area contributed by atoms with Gasteiger partial charge in [-0.1, -0.05) is 11.6 Å². The molecule has 1 aliphatic rings. The zero-order valence-corrected chi connectivity index (χ0v) is 29.4. The number of urea groups is 1. The number of fused-ring (bicyclic) bond motifs is 1. The van der Waals surface area contributed by atoms with Crippen LogP contribution in [0.3, 0.4) is 0 Å². The van der Waals surface area contributed by atoms with Crippen molar-refractivity contribution in [3.8, 4) is 23.0 Å². The molecule has 0 unspecified atom stereocenters. The van der Waals surface area contributed by atoms with Gasteiger partial charge in [-0.25, -0.2) is 19.6 Å². The second-order valence-electron chi connectivity index (χ2n) is 12.5. The van der Waals surface area contributed by atoms with Crippen LogP contribution in [-0.4, -0.2) is 80.2 Å². The molecule has 1 saturated heterocycles. The zero-order chi connectivity index (χ0) is 35.3. The van der Waals surface area contributed by atoms with E-state index in [2.05, 4.69) is 20.5 Å². The minimum absolute atomic E-state index is 0.211. The number of nitrogens with zero attached hydrogens (tertiary/aromatic N) is 4. The Morgan fingerprint density at radius 2 is 1.49 bits per heavy atom. The van der Waals surface area contributed by atoms with Crippen molar-refractivity contribution in [3.05, 3.63) is 71.0 Å². The van der Waals surface area contributed by atoms with Crippen molar-refractivity contribution in [1.29, 1.82) is 0 Å². The Morgan fingerprint density at radius 1 is 0.898 bits per heavy atom.